The van der Waals surface area contributed by atoms with E-state index in [1.54, 1.807) is 17.5 Å². The predicted octanol–water partition coefficient (Wildman–Crippen LogP) is 5.60. The number of aryl methyl sites for hydroxylation is 1. The van der Waals surface area contributed by atoms with Crippen molar-refractivity contribution in [2.24, 2.45) is 0 Å². The lowest BCUT2D eigenvalue weighted by molar-refractivity contribution is 1.10. The van der Waals surface area contributed by atoms with Gasteiger partial charge in [0.25, 0.3) is 0 Å². The molecule has 0 saturated carbocycles. The summed E-state index contributed by atoms with van der Waals surface area (Å²) in [6.45, 7) is 2.06. The zero-order valence-corrected chi connectivity index (χ0v) is 16.9. The molecule has 0 radical (unpaired) electrons. The van der Waals surface area contributed by atoms with Crippen LogP contribution < -0.4 is 0 Å². The molecule has 144 valence electrons. The first-order valence-electron chi connectivity index (χ1n) is 9.56. The van der Waals surface area contributed by atoms with Crippen molar-refractivity contribution in [3.8, 4) is 33.2 Å². The number of nitrogens with one attached hydrogen (secondary N) is 2. The molecule has 5 aromatic heterocycles. The molecule has 6 rings (SSSR count). The average molecular weight is 408 g/mol. The number of imidazole rings is 1. The number of fused-ring (bicyclic) bond motifs is 2. The van der Waals surface area contributed by atoms with Gasteiger partial charge in [-0.1, -0.05) is 18.2 Å². The van der Waals surface area contributed by atoms with Crippen molar-refractivity contribution in [3.63, 3.8) is 0 Å². The summed E-state index contributed by atoms with van der Waals surface area (Å²) in [6.07, 6.45) is 5.45. The highest BCUT2D eigenvalue weighted by Gasteiger charge is 2.16. The summed E-state index contributed by atoms with van der Waals surface area (Å²) in [5.74, 6) is 0.736. The Morgan fingerprint density at radius 1 is 0.967 bits per heavy atom. The van der Waals surface area contributed by atoms with Crippen molar-refractivity contribution < 1.29 is 0 Å². The van der Waals surface area contributed by atoms with Crippen LogP contribution in [-0.4, -0.2) is 30.1 Å². The van der Waals surface area contributed by atoms with Crippen LogP contribution >= 0.6 is 11.3 Å². The van der Waals surface area contributed by atoms with Gasteiger partial charge in [0, 0.05) is 33.8 Å². The van der Waals surface area contributed by atoms with Gasteiger partial charge in [-0.2, -0.15) is 5.10 Å². The molecule has 0 aliphatic heterocycles. The Bertz CT molecular complexity index is 1510. The maximum Gasteiger partial charge on any atom is 0.159 e. The van der Waals surface area contributed by atoms with E-state index in [0.29, 0.717) is 0 Å². The summed E-state index contributed by atoms with van der Waals surface area (Å²) in [5, 5.41) is 10.7. The molecule has 2 N–H and O–H groups in total. The van der Waals surface area contributed by atoms with E-state index >= 15 is 0 Å². The third-order valence-corrected chi connectivity index (χ3v) is 6.19. The van der Waals surface area contributed by atoms with Crippen molar-refractivity contribution in [1.29, 1.82) is 0 Å². The molecule has 0 saturated heterocycles. The summed E-state index contributed by atoms with van der Waals surface area (Å²) in [7, 11) is 0. The van der Waals surface area contributed by atoms with Gasteiger partial charge in [-0.3, -0.25) is 15.1 Å². The minimum Gasteiger partial charge on any atom is -0.337 e. The van der Waals surface area contributed by atoms with Gasteiger partial charge in [-0.15, -0.1) is 11.3 Å². The number of pyridine rings is 2. The minimum atomic E-state index is 0.736. The lowest BCUT2D eigenvalue weighted by atomic mass is 10.1. The molecule has 0 bridgehead atoms. The second-order valence-corrected chi connectivity index (χ2v) is 8.09. The lowest BCUT2D eigenvalue weighted by Crippen LogP contribution is -1.88. The highest BCUT2D eigenvalue weighted by molar-refractivity contribution is 7.13. The molecule has 0 unspecified atom stereocenters. The van der Waals surface area contributed by atoms with Crippen LogP contribution in [0.25, 0.3) is 55.2 Å². The molecule has 6 nitrogen and oxygen atoms in total. The van der Waals surface area contributed by atoms with Crippen LogP contribution in [0.15, 0.2) is 66.4 Å². The largest absolute Gasteiger partial charge is 0.337 e. The van der Waals surface area contributed by atoms with Crippen molar-refractivity contribution in [3.05, 3.63) is 72.0 Å². The Kier molecular flexibility index (Phi) is 3.75. The molecule has 30 heavy (non-hydrogen) atoms. The van der Waals surface area contributed by atoms with Gasteiger partial charge in [0.1, 0.15) is 5.69 Å². The fourth-order valence-electron chi connectivity index (χ4n) is 3.75. The number of hydrogen-bond acceptors (Lipinski definition) is 5. The van der Waals surface area contributed by atoms with Gasteiger partial charge < -0.3 is 4.98 Å². The van der Waals surface area contributed by atoms with E-state index in [9.17, 15) is 0 Å². The highest BCUT2D eigenvalue weighted by Crippen LogP contribution is 2.34. The quantitative estimate of drug-likeness (QED) is 0.399. The first-order valence-corrected chi connectivity index (χ1v) is 10.4. The van der Waals surface area contributed by atoms with Crippen molar-refractivity contribution in [2.45, 2.75) is 6.92 Å². The normalized spacial score (nSPS) is 11.5. The van der Waals surface area contributed by atoms with Crippen molar-refractivity contribution in [2.75, 3.05) is 0 Å². The number of thiophene rings is 1. The third kappa shape index (κ3) is 2.63. The second-order valence-electron chi connectivity index (χ2n) is 7.14. The molecule has 0 fully saturated rings. The number of aromatic nitrogens is 6. The fourth-order valence-corrected chi connectivity index (χ4v) is 4.50. The zero-order valence-electron chi connectivity index (χ0n) is 16.0. The molecular formula is C23H16N6S. The fraction of sp³-hybridized carbons (Fsp3) is 0.0435. The molecule has 5 heterocycles. The first kappa shape index (κ1) is 17.1. The summed E-state index contributed by atoms with van der Waals surface area (Å²) in [6, 6.07) is 14.4. The number of H-pyrrole nitrogens is 2. The Morgan fingerprint density at radius 2 is 1.93 bits per heavy atom. The smallest absolute Gasteiger partial charge is 0.159 e. The maximum absolute atomic E-state index is 4.92. The highest BCUT2D eigenvalue weighted by atomic mass is 32.1. The molecule has 7 heteroatoms. The topological polar surface area (TPSA) is 83.1 Å². The summed E-state index contributed by atoms with van der Waals surface area (Å²) in [4.78, 5) is 18.4. The molecule has 6 aromatic rings. The standard InChI is InChI=1S/C23H16N6S/c1-13-7-8-24-11-16(13)18-10-15-19(12-25-18)28-29-22(15)23-26-17-5-2-4-14(21(17)27-23)20-6-3-9-30-20/h2-12H,1H3,(H,26,27)(H,28,29). The van der Waals surface area contributed by atoms with E-state index < -0.39 is 0 Å². The summed E-state index contributed by atoms with van der Waals surface area (Å²) < 4.78 is 0. The van der Waals surface area contributed by atoms with Gasteiger partial charge in [0.05, 0.1) is 28.4 Å². The van der Waals surface area contributed by atoms with Crippen LogP contribution in [0.3, 0.4) is 0 Å². The molecule has 0 amide bonds. The van der Waals surface area contributed by atoms with E-state index in [-0.39, 0.29) is 0 Å². The number of nitrogens with zero attached hydrogens (tertiary/aromatic N) is 4. The van der Waals surface area contributed by atoms with Gasteiger partial charge in [0.2, 0.25) is 0 Å². The van der Waals surface area contributed by atoms with E-state index in [4.69, 9.17) is 4.98 Å². The monoisotopic (exact) mass is 408 g/mol. The van der Waals surface area contributed by atoms with Gasteiger partial charge >= 0.3 is 0 Å². The molecule has 1 aromatic carbocycles. The Balaban J connectivity index is 1.53. The van der Waals surface area contributed by atoms with Crippen molar-refractivity contribution in [1.82, 2.24) is 30.1 Å². The second kappa shape index (κ2) is 6.60. The van der Waals surface area contributed by atoms with Crippen LogP contribution in [0.2, 0.25) is 0 Å². The molecular weight excluding hydrogens is 392 g/mol. The number of hydrogen-bond donors (Lipinski definition) is 2. The van der Waals surface area contributed by atoms with Gasteiger partial charge in [-0.25, -0.2) is 4.98 Å². The SMILES string of the molecule is Cc1ccncc1-c1cc2c(-c3nc4c(-c5cccs5)cccc4[nH]3)n[nH]c2cn1. The number of benzene rings is 1. The molecule has 0 atom stereocenters. The van der Waals surface area contributed by atoms with Crippen LogP contribution in [0, 0.1) is 6.92 Å². The Labute approximate surface area is 175 Å². The first-order chi connectivity index (χ1) is 14.8. The number of rotatable bonds is 3. The van der Waals surface area contributed by atoms with E-state index in [1.807, 2.05) is 30.6 Å². The third-order valence-electron chi connectivity index (χ3n) is 5.29. The minimum absolute atomic E-state index is 0.736. The van der Waals surface area contributed by atoms with E-state index in [2.05, 4.69) is 61.7 Å². The van der Waals surface area contributed by atoms with Crippen molar-refractivity contribution >= 4 is 33.3 Å². The van der Waals surface area contributed by atoms with Gasteiger partial charge in [0.15, 0.2) is 5.82 Å². The Morgan fingerprint density at radius 3 is 2.80 bits per heavy atom. The molecule has 0 aliphatic carbocycles. The van der Waals surface area contributed by atoms with Crippen LogP contribution in [-0.2, 0) is 0 Å². The summed E-state index contributed by atoms with van der Waals surface area (Å²) in [5.41, 5.74) is 7.72. The van der Waals surface area contributed by atoms with Crippen LogP contribution in [0.5, 0.6) is 0 Å². The van der Waals surface area contributed by atoms with E-state index in [1.165, 1.54) is 4.88 Å². The van der Waals surface area contributed by atoms with Gasteiger partial charge in [-0.05, 0) is 42.1 Å². The molecule has 0 spiro atoms. The summed E-state index contributed by atoms with van der Waals surface area (Å²) >= 11 is 1.71. The number of aromatic amines is 2. The number of para-hydroxylation sites is 1. The molecule has 0 aliphatic rings. The van der Waals surface area contributed by atoms with Crippen LogP contribution in [0.4, 0.5) is 0 Å². The maximum atomic E-state index is 4.92. The average Bonchev–Trinajstić information content (AvgIpc) is 3.51. The Hall–Kier alpha value is -3.84. The van der Waals surface area contributed by atoms with E-state index in [0.717, 1.165) is 55.8 Å². The lowest BCUT2D eigenvalue weighted by Gasteiger charge is -2.04. The predicted molar refractivity (Wildman–Crippen MR) is 120 cm³/mol. The van der Waals surface area contributed by atoms with Crippen LogP contribution in [0.1, 0.15) is 5.56 Å². The zero-order chi connectivity index (χ0) is 20.1.